The topological polar surface area (TPSA) is 99.3 Å². The number of rotatable bonds is 4. The number of halogens is 3. The summed E-state index contributed by atoms with van der Waals surface area (Å²) in [7, 11) is 0. The molecule has 116 valence electrons. The van der Waals surface area contributed by atoms with Gasteiger partial charge in [-0.1, -0.05) is 0 Å². The van der Waals surface area contributed by atoms with Gasteiger partial charge in [0.15, 0.2) is 0 Å². The third-order valence-corrected chi connectivity index (χ3v) is 2.92. The van der Waals surface area contributed by atoms with Gasteiger partial charge < -0.3 is 15.4 Å². The van der Waals surface area contributed by atoms with E-state index in [4.69, 9.17) is 5.11 Å². The molecule has 0 saturated heterocycles. The number of alkyl halides is 3. The highest BCUT2D eigenvalue weighted by atomic mass is 19.4. The number of carboxylic acids is 1. The van der Waals surface area contributed by atoms with Crippen LogP contribution in [0.5, 0.6) is 0 Å². The van der Waals surface area contributed by atoms with Gasteiger partial charge in [0.05, 0.1) is 11.3 Å². The fraction of sp³-hybridized carbons (Fsp3) is 0.417. The van der Waals surface area contributed by atoms with Crippen molar-refractivity contribution >= 4 is 17.7 Å². The number of carbonyl (C=O) groups excluding carboxylic acids is 2. The summed E-state index contributed by atoms with van der Waals surface area (Å²) < 4.78 is 37.0. The molecule has 9 heteroatoms. The number of H-pyrrole nitrogens is 1. The minimum absolute atomic E-state index is 0.000174. The van der Waals surface area contributed by atoms with Crippen LogP contribution in [-0.4, -0.2) is 40.0 Å². The molecule has 0 unspecified atom stereocenters. The average Bonchev–Trinajstić information content (AvgIpc) is 2.62. The second kappa shape index (κ2) is 5.58. The number of aromatic amines is 1. The molecule has 3 N–H and O–H groups in total. The molecule has 0 aromatic carbocycles. The van der Waals surface area contributed by atoms with E-state index in [9.17, 15) is 27.6 Å². The van der Waals surface area contributed by atoms with Crippen LogP contribution in [0.4, 0.5) is 13.2 Å². The lowest BCUT2D eigenvalue weighted by atomic mass is 10.1. The van der Waals surface area contributed by atoms with Crippen molar-refractivity contribution < 1.29 is 32.7 Å². The lowest BCUT2D eigenvalue weighted by Crippen LogP contribution is -2.46. The van der Waals surface area contributed by atoms with E-state index in [0.29, 0.717) is 6.92 Å². The van der Waals surface area contributed by atoms with Gasteiger partial charge in [-0.2, -0.15) is 13.2 Å². The first-order chi connectivity index (χ1) is 9.46. The van der Waals surface area contributed by atoms with Crippen molar-refractivity contribution in [1.29, 1.82) is 0 Å². The molecule has 0 fully saturated rings. The minimum atomic E-state index is -4.68. The Hall–Kier alpha value is -2.32. The molecule has 21 heavy (non-hydrogen) atoms. The fourth-order valence-corrected chi connectivity index (χ4v) is 1.76. The molecule has 1 atom stereocenters. The second-order valence-electron chi connectivity index (χ2n) is 4.50. The molecule has 0 bridgehead atoms. The van der Waals surface area contributed by atoms with E-state index in [-0.39, 0.29) is 22.5 Å². The number of hydrogen-bond acceptors (Lipinski definition) is 3. The lowest BCUT2D eigenvalue weighted by Gasteiger charge is -2.16. The van der Waals surface area contributed by atoms with Crippen molar-refractivity contribution in [1.82, 2.24) is 10.3 Å². The summed E-state index contributed by atoms with van der Waals surface area (Å²) in [4.78, 5) is 36.7. The van der Waals surface area contributed by atoms with Crippen LogP contribution in [-0.2, 0) is 4.79 Å². The maximum Gasteiger partial charge on any atom is 0.408 e. The van der Waals surface area contributed by atoms with Crippen LogP contribution in [0.25, 0.3) is 0 Å². The van der Waals surface area contributed by atoms with Gasteiger partial charge >= 0.3 is 12.1 Å². The summed E-state index contributed by atoms with van der Waals surface area (Å²) in [6.07, 6.45) is -4.68. The van der Waals surface area contributed by atoms with Crippen LogP contribution >= 0.6 is 0 Å². The number of carbonyl (C=O) groups is 3. The Kier molecular flexibility index (Phi) is 4.45. The Morgan fingerprint density at radius 3 is 2.14 bits per heavy atom. The van der Waals surface area contributed by atoms with Crippen molar-refractivity contribution in [2.75, 3.05) is 0 Å². The van der Waals surface area contributed by atoms with Crippen LogP contribution in [0.15, 0.2) is 0 Å². The maximum atomic E-state index is 12.3. The number of Topliss-reactive ketones (excluding diaryl/α,β-unsaturated/α-hetero) is 1. The Labute approximate surface area is 117 Å². The van der Waals surface area contributed by atoms with Gasteiger partial charge in [0.25, 0.3) is 11.7 Å². The van der Waals surface area contributed by atoms with Gasteiger partial charge in [0.1, 0.15) is 6.04 Å². The van der Waals surface area contributed by atoms with Crippen molar-refractivity contribution in [3.63, 3.8) is 0 Å². The second-order valence-corrected chi connectivity index (χ2v) is 4.50. The van der Waals surface area contributed by atoms with Crippen LogP contribution in [0.3, 0.4) is 0 Å². The third kappa shape index (κ3) is 3.41. The SMILES string of the molecule is Cc1[nH]c(C(=O)C(=O)N[C@@H](C)C(F)(F)F)c(C)c1C(=O)O. The van der Waals surface area contributed by atoms with E-state index >= 15 is 0 Å². The van der Waals surface area contributed by atoms with Gasteiger partial charge in [0, 0.05) is 5.69 Å². The summed E-state index contributed by atoms with van der Waals surface area (Å²) >= 11 is 0. The van der Waals surface area contributed by atoms with Crippen molar-refractivity contribution in [3.05, 3.63) is 22.5 Å². The zero-order chi connectivity index (χ0) is 16.5. The number of ketones is 1. The number of amides is 1. The Bertz CT molecular complexity index is 604. The minimum Gasteiger partial charge on any atom is -0.478 e. The fourth-order valence-electron chi connectivity index (χ4n) is 1.76. The Morgan fingerprint density at radius 2 is 1.76 bits per heavy atom. The number of aromatic nitrogens is 1. The number of aromatic carboxylic acids is 1. The molecule has 0 spiro atoms. The molecular weight excluding hydrogens is 293 g/mol. The Balaban J connectivity index is 3.03. The molecule has 0 saturated carbocycles. The molecule has 0 aliphatic rings. The van der Waals surface area contributed by atoms with Gasteiger partial charge in [-0.05, 0) is 26.3 Å². The summed E-state index contributed by atoms with van der Waals surface area (Å²) in [5.74, 6) is -4.01. The summed E-state index contributed by atoms with van der Waals surface area (Å²) in [5.41, 5.74) is -0.383. The summed E-state index contributed by atoms with van der Waals surface area (Å²) in [6, 6.07) is -2.19. The van der Waals surface area contributed by atoms with E-state index in [1.807, 2.05) is 0 Å². The van der Waals surface area contributed by atoms with Gasteiger partial charge in [-0.3, -0.25) is 9.59 Å². The lowest BCUT2D eigenvalue weighted by molar-refractivity contribution is -0.156. The number of aryl methyl sites for hydroxylation is 1. The third-order valence-electron chi connectivity index (χ3n) is 2.92. The van der Waals surface area contributed by atoms with E-state index in [1.165, 1.54) is 19.2 Å². The number of hydrogen-bond donors (Lipinski definition) is 3. The van der Waals surface area contributed by atoms with E-state index in [0.717, 1.165) is 0 Å². The molecule has 0 aliphatic heterocycles. The first kappa shape index (κ1) is 16.7. The largest absolute Gasteiger partial charge is 0.478 e. The van der Waals surface area contributed by atoms with Crippen molar-refractivity contribution in [2.24, 2.45) is 0 Å². The zero-order valence-electron chi connectivity index (χ0n) is 11.4. The smallest absolute Gasteiger partial charge is 0.408 e. The highest BCUT2D eigenvalue weighted by Gasteiger charge is 2.38. The van der Waals surface area contributed by atoms with Crippen molar-refractivity contribution in [2.45, 2.75) is 33.0 Å². The monoisotopic (exact) mass is 306 g/mol. The molecule has 1 heterocycles. The highest BCUT2D eigenvalue weighted by Crippen LogP contribution is 2.21. The van der Waals surface area contributed by atoms with Crippen LogP contribution in [0.2, 0.25) is 0 Å². The molecule has 1 amide bonds. The predicted octanol–water partition coefficient (Wildman–Crippen LogP) is 1.58. The van der Waals surface area contributed by atoms with Crippen LogP contribution < -0.4 is 5.32 Å². The first-order valence-electron chi connectivity index (χ1n) is 5.81. The summed E-state index contributed by atoms with van der Waals surface area (Å²) in [6.45, 7) is 3.37. The predicted molar refractivity (Wildman–Crippen MR) is 65.2 cm³/mol. The van der Waals surface area contributed by atoms with Crippen molar-refractivity contribution in [3.8, 4) is 0 Å². The average molecular weight is 306 g/mol. The first-order valence-corrected chi connectivity index (χ1v) is 5.81. The van der Waals surface area contributed by atoms with E-state index in [1.54, 1.807) is 0 Å². The zero-order valence-corrected chi connectivity index (χ0v) is 11.4. The standard InChI is InChI=1S/C12H13F3N2O4/c1-4-7(11(20)21)5(2)16-8(4)9(18)10(19)17-6(3)12(13,14)15/h6,16H,1-3H3,(H,17,19)(H,20,21)/t6-/m0/s1. The molecule has 1 rings (SSSR count). The molecule has 1 aromatic rings. The van der Waals surface area contributed by atoms with Gasteiger partial charge in [-0.25, -0.2) is 4.79 Å². The normalized spacial score (nSPS) is 12.9. The quantitative estimate of drug-likeness (QED) is 0.581. The number of nitrogens with one attached hydrogen (secondary N) is 2. The molecule has 1 aromatic heterocycles. The van der Waals surface area contributed by atoms with Crippen LogP contribution in [0, 0.1) is 13.8 Å². The van der Waals surface area contributed by atoms with E-state index < -0.39 is 29.9 Å². The van der Waals surface area contributed by atoms with Gasteiger partial charge in [0.2, 0.25) is 0 Å². The van der Waals surface area contributed by atoms with Crippen LogP contribution in [0.1, 0.15) is 39.0 Å². The summed E-state index contributed by atoms with van der Waals surface area (Å²) in [5, 5.41) is 10.5. The maximum absolute atomic E-state index is 12.3. The molecule has 0 aliphatic carbocycles. The molecule has 0 radical (unpaired) electrons. The highest BCUT2D eigenvalue weighted by molar-refractivity contribution is 6.42. The molecule has 6 nitrogen and oxygen atoms in total. The molecular formula is C12H13F3N2O4. The number of carboxylic acid groups (broad SMARTS) is 1. The van der Waals surface area contributed by atoms with E-state index in [2.05, 4.69) is 4.98 Å². The van der Waals surface area contributed by atoms with Gasteiger partial charge in [-0.15, -0.1) is 0 Å². The Morgan fingerprint density at radius 1 is 1.24 bits per heavy atom.